The highest BCUT2D eigenvalue weighted by molar-refractivity contribution is 9.10. The first-order valence-corrected chi connectivity index (χ1v) is 13.0. The van der Waals surface area contributed by atoms with E-state index in [1.54, 1.807) is 19.2 Å². The van der Waals surface area contributed by atoms with Gasteiger partial charge in [0.25, 0.3) is 5.91 Å². The molecule has 0 atom stereocenters. The molecule has 1 N–H and O–H groups in total. The Labute approximate surface area is 228 Å². The summed E-state index contributed by atoms with van der Waals surface area (Å²) in [6.07, 6.45) is 1.52. The molecule has 0 aliphatic heterocycles. The average molecular weight is 613 g/mol. The Morgan fingerprint density at radius 3 is 2.31 bits per heavy atom. The Hall–Kier alpha value is -3.28. The largest absolute Gasteiger partial charge is 0.493 e. The highest BCUT2D eigenvalue weighted by Crippen LogP contribution is 2.38. The Bertz CT molecular complexity index is 1260. The maximum absolute atomic E-state index is 12.8. The van der Waals surface area contributed by atoms with E-state index in [1.807, 2.05) is 54.6 Å². The highest BCUT2D eigenvalue weighted by atomic mass is 79.9. The molecule has 0 aromatic heterocycles. The molecule has 0 radical (unpaired) electrons. The van der Waals surface area contributed by atoms with Gasteiger partial charge in [-0.1, -0.05) is 28.1 Å². The first-order valence-electron chi connectivity index (χ1n) is 11.4. The number of anilines is 2. The predicted octanol–water partition coefficient (Wildman–Crippen LogP) is 7.19. The smallest absolute Gasteiger partial charge is 0.266 e. The molecule has 0 saturated heterocycles. The van der Waals surface area contributed by atoms with E-state index in [0.717, 1.165) is 28.8 Å². The van der Waals surface area contributed by atoms with E-state index in [0.29, 0.717) is 33.8 Å². The number of nitrogens with zero attached hydrogens (tertiary/aromatic N) is 2. The minimum atomic E-state index is -0.487. The second-order valence-electron chi connectivity index (χ2n) is 7.79. The first-order chi connectivity index (χ1) is 17.4. The van der Waals surface area contributed by atoms with E-state index in [2.05, 4.69) is 55.9 Å². The third kappa shape index (κ3) is 7.12. The molecular formula is C28H27Br2N3O3. The van der Waals surface area contributed by atoms with E-state index in [1.165, 1.54) is 6.08 Å². The number of hydrogen-bond acceptors (Lipinski definition) is 5. The summed E-state index contributed by atoms with van der Waals surface area (Å²) in [4.78, 5) is 15.0. The third-order valence-corrected chi connectivity index (χ3v) is 6.60. The maximum Gasteiger partial charge on any atom is 0.266 e. The fraction of sp³-hybridized carbons (Fsp3) is 0.214. The lowest BCUT2D eigenvalue weighted by atomic mass is 10.1. The van der Waals surface area contributed by atoms with Gasteiger partial charge in [0.15, 0.2) is 11.5 Å². The highest BCUT2D eigenvalue weighted by Gasteiger charge is 2.15. The number of rotatable bonds is 10. The molecule has 0 spiro atoms. The Kier molecular flexibility index (Phi) is 9.97. The Balaban J connectivity index is 1.76. The molecule has 0 unspecified atom stereocenters. The monoisotopic (exact) mass is 611 g/mol. The molecule has 1 amide bonds. The van der Waals surface area contributed by atoms with Crippen molar-refractivity contribution >= 4 is 55.2 Å². The zero-order valence-corrected chi connectivity index (χ0v) is 23.5. The normalized spacial score (nSPS) is 10.9. The topological polar surface area (TPSA) is 74.6 Å². The molecule has 0 saturated carbocycles. The van der Waals surface area contributed by atoms with Crippen LogP contribution in [0.2, 0.25) is 0 Å². The van der Waals surface area contributed by atoms with Crippen LogP contribution in [0.15, 0.2) is 75.2 Å². The van der Waals surface area contributed by atoms with E-state index in [9.17, 15) is 10.1 Å². The van der Waals surface area contributed by atoms with Crippen LogP contribution in [0.4, 0.5) is 11.4 Å². The molecule has 3 aromatic rings. The molecule has 3 aromatic carbocycles. The minimum absolute atomic E-state index is 0.0275. The summed E-state index contributed by atoms with van der Waals surface area (Å²) in [5.74, 6) is 0.532. The summed E-state index contributed by atoms with van der Waals surface area (Å²) < 4.78 is 13.1. The second kappa shape index (κ2) is 13.1. The molecule has 0 fully saturated rings. The lowest BCUT2D eigenvalue weighted by Gasteiger charge is -2.21. The third-order valence-electron chi connectivity index (χ3n) is 5.48. The number of carbonyl (C=O) groups is 1. The zero-order valence-electron chi connectivity index (χ0n) is 20.3. The van der Waals surface area contributed by atoms with Gasteiger partial charge in [0.1, 0.15) is 18.2 Å². The van der Waals surface area contributed by atoms with E-state index in [-0.39, 0.29) is 5.57 Å². The fourth-order valence-corrected chi connectivity index (χ4v) is 4.40. The SMILES string of the molecule is CCN(CC)c1ccc(NC(=O)/C(C#N)=C\c2cc(Br)c(OCc3ccc(Br)cc3)c(OC)c2)cc1. The van der Waals surface area contributed by atoms with E-state index in [4.69, 9.17) is 9.47 Å². The van der Waals surface area contributed by atoms with Crippen molar-refractivity contribution in [2.24, 2.45) is 0 Å². The van der Waals surface area contributed by atoms with Crippen LogP contribution in [-0.4, -0.2) is 26.1 Å². The predicted molar refractivity (Wildman–Crippen MR) is 151 cm³/mol. The summed E-state index contributed by atoms with van der Waals surface area (Å²) in [7, 11) is 1.54. The molecule has 36 heavy (non-hydrogen) atoms. The van der Waals surface area contributed by atoms with Gasteiger partial charge in [0.2, 0.25) is 0 Å². The van der Waals surface area contributed by atoms with Crippen LogP contribution in [0.1, 0.15) is 25.0 Å². The van der Waals surface area contributed by atoms with Crippen LogP contribution in [0, 0.1) is 11.3 Å². The van der Waals surface area contributed by atoms with Gasteiger partial charge in [-0.3, -0.25) is 4.79 Å². The first kappa shape index (κ1) is 27.3. The lowest BCUT2D eigenvalue weighted by molar-refractivity contribution is -0.112. The molecule has 186 valence electrons. The molecule has 8 heteroatoms. The van der Waals surface area contributed by atoms with Gasteiger partial charge in [-0.2, -0.15) is 5.26 Å². The quantitative estimate of drug-likeness (QED) is 0.194. The maximum atomic E-state index is 12.8. The van der Waals surface area contributed by atoms with E-state index < -0.39 is 5.91 Å². The lowest BCUT2D eigenvalue weighted by Crippen LogP contribution is -2.21. The van der Waals surface area contributed by atoms with Crippen LogP contribution in [0.5, 0.6) is 11.5 Å². The standard InChI is InChI=1S/C28H27Br2N3O3/c1-4-33(5-2)24-12-10-23(11-13-24)32-28(34)21(17-31)14-20-15-25(30)27(26(16-20)35-3)36-18-19-6-8-22(29)9-7-19/h6-16H,4-5,18H2,1-3H3,(H,32,34)/b21-14-. The molecule has 0 heterocycles. The number of carbonyl (C=O) groups excluding carboxylic acids is 1. The number of amides is 1. The summed E-state index contributed by atoms with van der Waals surface area (Å²) in [5, 5.41) is 12.4. The van der Waals surface area contributed by atoms with Gasteiger partial charge < -0.3 is 19.7 Å². The van der Waals surface area contributed by atoms with Crippen LogP contribution in [0.25, 0.3) is 6.08 Å². The summed E-state index contributed by atoms with van der Waals surface area (Å²) in [6, 6.07) is 20.9. The summed E-state index contributed by atoms with van der Waals surface area (Å²) >= 11 is 6.95. The van der Waals surface area contributed by atoms with Crippen LogP contribution < -0.4 is 19.7 Å². The minimum Gasteiger partial charge on any atom is -0.493 e. The van der Waals surface area contributed by atoms with Gasteiger partial charge in [0.05, 0.1) is 11.6 Å². The number of methoxy groups -OCH3 is 1. The van der Waals surface area contributed by atoms with Crippen molar-refractivity contribution in [2.75, 3.05) is 30.4 Å². The zero-order chi connectivity index (χ0) is 26.1. The van der Waals surface area contributed by atoms with Gasteiger partial charge in [-0.05, 0) is 95.5 Å². The van der Waals surface area contributed by atoms with Crippen molar-refractivity contribution in [3.8, 4) is 17.6 Å². The van der Waals surface area contributed by atoms with Crippen molar-refractivity contribution < 1.29 is 14.3 Å². The number of halogens is 2. The number of benzene rings is 3. The Morgan fingerprint density at radius 2 is 1.72 bits per heavy atom. The summed E-state index contributed by atoms with van der Waals surface area (Å²) in [5.41, 5.74) is 3.30. The van der Waals surface area contributed by atoms with Crippen LogP contribution >= 0.6 is 31.9 Å². The van der Waals surface area contributed by atoms with Crippen molar-refractivity contribution in [1.82, 2.24) is 0 Å². The van der Waals surface area contributed by atoms with Crippen LogP contribution in [-0.2, 0) is 11.4 Å². The van der Waals surface area contributed by atoms with E-state index >= 15 is 0 Å². The summed E-state index contributed by atoms with van der Waals surface area (Å²) in [6.45, 7) is 6.35. The fourth-order valence-electron chi connectivity index (χ4n) is 3.56. The van der Waals surface area contributed by atoms with Crippen molar-refractivity contribution in [2.45, 2.75) is 20.5 Å². The molecular weight excluding hydrogens is 586 g/mol. The Morgan fingerprint density at radius 1 is 1.06 bits per heavy atom. The molecule has 6 nitrogen and oxygen atoms in total. The molecule has 0 bridgehead atoms. The second-order valence-corrected chi connectivity index (χ2v) is 9.56. The number of hydrogen-bond donors (Lipinski definition) is 1. The van der Waals surface area contributed by atoms with Crippen molar-refractivity contribution in [3.63, 3.8) is 0 Å². The van der Waals surface area contributed by atoms with Crippen molar-refractivity contribution in [1.29, 1.82) is 5.26 Å². The van der Waals surface area contributed by atoms with Crippen molar-refractivity contribution in [3.05, 3.63) is 86.3 Å². The van der Waals surface area contributed by atoms with Gasteiger partial charge in [0, 0.05) is 28.9 Å². The molecule has 0 aliphatic rings. The average Bonchev–Trinajstić information content (AvgIpc) is 2.88. The number of ether oxygens (including phenoxy) is 2. The van der Waals surface area contributed by atoms with Gasteiger partial charge >= 0.3 is 0 Å². The van der Waals surface area contributed by atoms with Crippen LogP contribution in [0.3, 0.4) is 0 Å². The molecule has 0 aliphatic carbocycles. The number of nitriles is 1. The molecule has 3 rings (SSSR count). The van der Waals surface area contributed by atoms with Gasteiger partial charge in [-0.25, -0.2) is 0 Å². The van der Waals surface area contributed by atoms with Gasteiger partial charge in [-0.15, -0.1) is 0 Å². The number of nitrogens with one attached hydrogen (secondary N) is 1.